The lowest BCUT2D eigenvalue weighted by atomic mass is 10.1. The van der Waals surface area contributed by atoms with E-state index in [1.54, 1.807) is 29.1 Å². The molecule has 7 heteroatoms. The Kier molecular flexibility index (Phi) is 6.35. The highest BCUT2D eigenvalue weighted by molar-refractivity contribution is 5.76. The van der Waals surface area contributed by atoms with E-state index in [2.05, 4.69) is 10.4 Å². The van der Waals surface area contributed by atoms with Crippen LogP contribution in [0.15, 0.2) is 71.3 Å². The second kappa shape index (κ2) is 9.51. The lowest BCUT2D eigenvalue weighted by molar-refractivity contribution is -0.121. The molecule has 0 aliphatic rings. The topological polar surface area (TPSA) is 69.3 Å². The summed E-state index contributed by atoms with van der Waals surface area (Å²) in [5.41, 5.74) is 3.30. The molecule has 32 heavy (non-hydrogen) atoms. The summed E-state index contributed by atoms with van der Waals surface area (Å²) in [4.78, 5) is 12.4. The number of nitrogens with zero attached hydrogens (tertiary/aromatic N) is 2. The highest BCUT2D eigenvalue weighted by Gasteiger charge is 2.20. The SMILES string of the molecule is Cc1cccc(Oc2c(CCC(=O)NCc3ccco3)c(C)nn2-c2ccc(F)cc2)c1. The van der Waals surface area contributed by atoms with Gasteiger partial charge in [-0.25, -0.2) is 9.07 Å². The maximum Gasteiger partial charge on any atom is 0.226 e. The van der Waals surface area contributed by atoms with Crippen LogP contribution in [0.3, 0.4) is 0 Å². The number of ether oxygens (including phenoxy) is 1. The Labute approximate surface area is 185 Å². The first-order chi connectivity index (χ1) is 15.5. The van der Waals surface area contributed by atoms with Crippen LogP contribution in [0.1, 0.15) is 29.0 Å². The Balaban J connectivity index is 1.58. The van der Waals surface area contributed by atoms with Crippen LogP contribution < -0.4 is 10.1 Å². The van der Waals surface area contributed by atoms with Gasteiger partial charge in [-0.3, -0.25) is 4.79 Å². The predicted molar refractivity (Wildman–Crippen MR) is 118 cm³/mol. The van der Waals surface area contributed by atoms with Gasteiger partial charge in [0.15, 0.2) is 0 Å². The number of halogens is 1. The third-order valence-electron chi connectivity index (χ3n) is 5.05. The van der Waals surface area contributed by atoms with Crippen molar-refractivity contribution in [3.63, 3.8) is 0 Å². The number of nitrogens with one attached hydrogen (secondary N) is 1. The zero-order valence-electron chi connectivity index (χ0n) is 18.0. The van der Waals surface area contributed by atoms with Crippen molar-refractivity contribution in [3.8, 4) is 17.3 Å². The molecule has 1 amide bonds. The van der Waals surface area contributed by atoms with Crippen molar-refractivity contribution in [1.29, 1.82) is 0 Å². The number of carbonyl (C=O) groups is 1. The Morgan fingerprint density at radius 2 is 1.94 bits per heavy atom. The number of carbonyl (C=O) groups excluding carboxylic acids is 1. The monoisotopic (exact) mass is 433 g/mol. The summed E-state index contributed by atoms with van der Waals surface area (Å²) >= 11 is 0. The molecule has 0 fully saturated rings. The van der Waals surface area contributed by atoms with Crippen molar-refractivity contribution >= 4 is 5.91 Å². The fourth-order valence-electron chi connectivity index (χ4n) is 3.40. The van der Waals surface area contributed by atoms with Crippen LogP contribution in [0.5, 0.6) is 11.6 Å². The minimum Gasteiger partial charge on any atom is -0.467 e. The largest absolute Gasteiger partial charge is 0.467 e. The number of rotatable bonds is 8. The maximum absolute atomic E-state index is 13.5. The van der Waals surface area contributed by atoms with Crippen molar-refractivity contribution in [2.45, 2.75) is 33.2 Å². The second-order valence-electron chi connectivity index (χ2n) is 7.53. The fourth-order valence-corrected chi connectivity index (χ4v) is 3.40. The quantitative estimate of drug-likeness (QED) is 0.411. The number of aryl methyl sites for hydroxylation is 2. The Morgan fingerprint density at radius 1 is 1.12 bits per heavy atom. The van der Waals surface area contributed by atoms with Gasteiger partial charge in [-0.1, -0.05) is 12.1 Å². The standard InChI is InChI=1S/C25H24FN3O3/c1-17-5-3-6-21(15-17)32-25-23(12-13-24(30)27-16-22-7-4-14-31-22)18(2)28-29(25)20-10-8-19(26)9-11-20/h3-11,14-15H,12-13,16H2,1-2H3,(H,27,30). The molecule has 4 rings (SSSR count). The van der Waals surface area contributed by atoms with Crippen molar-refractivity contribution in [2.75, 3.05) is 0 Å². The molecular weight excluding hydrogens is 409 g/mol. The molecule has 0 aliphatic carbocycles. The van der Waals surface area contributed by atoms with Gasteiger partial charge in [-0.2, -0.15) is 5.10 Å². The smallest absolute Gasteiger partial charge is 0.226 e. The number of hydrogen-bond acceptors (Lipinski definition) is 4. The predicted octanol–water partition coefficient (Wildman–Crippen LogP) is 5.26. The molecule has 4 aromatic rings. The lowest BCUT2D eigenvalue weighted by Gasteiger charge is -2.12. The van der Waals surface area contributed by atoms with Gasteiger partial charge >= 0.3 is 0 Å². The van der Waals surface area contributed by atoms with Gasteiger partial charge in [-0.05, 0) is 74.4 Å². The zero-order valence-corrected chi connectivity index (χ0v) is 18.0. The summed E-state index contributed by atoms with van der Waals surface area (Å²) in [6.07, 6.45) is 2.28. The number of aromatic nitrogens is 2. The van der Waals surface area contributed by atoms with Crippen LogP contribution >= 0.6 is 0 Å². The molecule has 0 radical (unpaired) electrons. The van der Waals surface area contributed by atoms with Crippen LogP contribution in [-0.2, 0) is 17.8 Å². The van der Waals surface area contributed by atoms with Gasteiger partial charge in [0.05, 0.1) is 24.2 Å². The summed E-state index contributed by atoms with van der Waals surface area (Å²) in [6.45, 7) is 4.20. The minimum atomic E-state index is -0.327. The number of hydrogen-bond donors (Lipinski definition) is 1. The molecule has 0 saturated carbocycles. The van der Waals surface area contributed by atoms with Gasteiger partial charge in [-0.15, -0.1) is 0 Å². The van der Waals surface area contributed by atoms with Crippen LogP contribution in [0.2, 0.25) is 0 Å². The average Bonchev–Trinajstić information content (AvgIpc) is 3.40. The molecule has 2 heterocycles. The van der Waals surface area contributed by atoms with E-state index >= 15 is 0 Å². The highest BCUT2D eigenvalue weighted by Crippen LogP contribution is 2.32. The molecule has 2 aromatic carbocycles. The van der Waals surface area contributed by atoms with E-state index in [0.29, 0.717) is 36.0 Å². The first-order valence-corrected chi connectivity index (χ1v) is 10.4. The van der Waals surface area contributed by atoms with Gasteiger partial charge in [0.25, 0.3) is 0 Å². The molecule has 6 nitrogen and oxygen atoms in total. The van der Waals surface area contributed by atoms with E-state index in [0.717, 1.165) is 16.8 Å². The van der Waals surface area contributed by atoms with Crippen LogP contribution in [0.25, 0.3) is 5.69 Å². The fraction of sp³-hybridized carbons (Fsp3) is 0.200. The summed E-state index contributed by atoms with van der Waals surface area (Å²) in [6, 6.07) is 17.3. The third-order valence-corrected chi connectivity index (χ3v) is 5.05. The molecule has 0 spiro atoms. The molecule has 2 aromatic heterocycles. The Bertz CT molecular complexity index is 1200. The van der Waals surface area contributed by atoms with E-state index < -0.39 is 0 Å². The zero-order chi connectivity index (χ0) is 22.5. The van der Waals surface area contributed by atoms with Crippen molar-refractivity contribution in [1.82, 2.24) is 15.1 Å². The first-order valence-electron chi connectivity index (χ1n) is 10.4. The summed E-state index contributed by atoms with van der Waals surface area (Å²) in [7, 11) is 0. The van der Waals surface area contributed by atoms with Crippen LogP contribution in [0.4, 0.5) is 4.39 Å². The van der Waals surface area contributed by atoms with E-state index in [1.807, 2.05) is 44.2 Å². The molecule has 0 bridgehead atoms. The number of furan rings is 1. The lowest BCUT2D eigenvalue weighted by Crippen LogP contribution is -2.22. The molecular formula is C25H24FN3O3. The van der Waals surface area contributed by atoms with Gasteiger partial charge in [0.2, 0.25) is 11.8 Å². The number of benzene rings is 2. The van der Waals surface area contributed by atoms with E-state index in [1.165, 1.54) is 12.1 Å². The van der Waals surface area contributed by atoms with Crippen molar-refractivity contribution < 1.29 is 18.3 Å². The van der Waals surface area contributed by atoms with Crippen LogP contribution in [-0.4, -0.2) is 15.7 Å². The summed E-state index contributed by atoms with van der Waals surface area (Å²) < 4.78 is 26.6. The van der Waals surface area contributed by atoms with E-state index in [9.17, 15) is 9.18 Å². The molecule has 1 N–H and O–H groups in total. The van der Waals surface area contributed by atoms with E-state index in [-0.39, 0.29) is 18.1 Å². The normalized spacial score (nSPS) is 10.8. The Hall–Kier alpha value is -3.87. The third kappa shape index (κ3) is 5.06. The summed E-state index contributed by atoms with van der Waals surface area (Å²) in [5, 5.41) is 7.47. The second-order valence-corrected chi connectivity index (χ2v) is 7.53. The van der Waals surface area contributed by atoms with Gasteiger partial charge in [0, 0.05) is 12.0 Å². The van der Waals surface area contributed by atoms with Gasteiger partial charge in [0.1, 0.15) is 17.3 Å². The van der Waals surface area contributed by atoms with E-state index in [4.69, 9.17) is 9.15 Å². The van der Waals surface area contributed by atoms with Crippen molar-refractivity contribution in [3.05, 3.63) is 95.3 Å². The average molecular weight is 433 g/mol. The molecule has 0 saturated heterocycles. The van der Waals surface area contributed by atoms with Crippen LogP contribution in [0, 0.1) is 19.7 Å². The van der Waals surface area contributed by atoms with Crippen molar-refractivity contribution in [2.24, 2.45) is 0 Å². The summed E-state index contributed by atoms with van der Waals surface area (Å²) in [5.74, 6) is 1.45. The molecule has 164 valence electrons. The minimum absolute atomic E-state index is 0.100. The molecule has 0 atom stereocenters. The molecule has 0 aliphatic heterocycles. The maximum atomic E-state index is 13.5. The highest BCUT2D eigenvalue weighted by atomic mass is 19.1. The Morgan fingerprint density at radius 3 is 2.66 bits per heavy atom. The first kappa shape index (κ1) is 21.4. The number of amides is 1. The molecule has 0 unspecified atom stereocenters. The van der Waals surface area contributed by atoms with Gasteiger partial charge < -0.3 is 14.5 Å².